The summed E-state index contributed by atoms with van der Waals surface area (Å²) in [5.41, 5.74) is 0.508. The van der Waals surface area contributed by atoms with Crippen LogP contribution in [0.2, 0.25) is 5.02 Å². The van der Waals surface area contributed by atoms with E-state index < -0.39 is 15.8 Å². The van der Waals surface area contributed by atoms with Crippen LogP contribution in [0.25, 0.3) is 0 Å². The molecule has 2 aromatic rings. The number of hydrogen-bond donors (Lipinski definition) is 2. The highest BCUT2D eigenvalue weighted by Crippen LogP contribution is 2.17. The van der Waals surface area contributed by atoms with Crippen LogP contribution in [0.15, 0.2) is 39.8 Å². The molecule has 5 nitrogen and oxygen atoms in total. The van der Waals surface area contributed by atoms with Gasteiger partial charge in [0.25, 0.3) is 10.0 Å². The maximum Gasteiger partial charge on any atom is 0.274 e. The summed E-state index contributed by atoms with van der Waals surface area (Å²) in [7, 11) is -3.84. The van der Waals surface area contributed by atoms with Gasteiger partial charge in [-0.3, -0.25) is 0 Å². The molecule has 2 rings (SSSR count). The Hall–Kier alpha value is -1.41. The van der Waals surface area contributed by atoms with Crippen molar-refractivity contribution in [2.24, 2.45) is 0 Å². The molecule has 2 N–H and O–H groups in total. The second kappa shape index (κ2) is 5.92. The molecule has 1 heterocycles. The van der Waals surface area contributed by atoms with Gasteiger partial charge in [0.05, 0.1) is 5.02 Å². The maximum absolute atomic E-state index is 13.0. The molecule has 0 aliphatic carbocycles. The predicted molar refractivity (Wildman–Crippen MR) is 70.1 cm³/mol. The molecule has 1 aromatic heterocycles. The number of aliphatic hydroxyl groups is 1. The van der Waals surface area contributed by atoms with Crippen molar-refractivity contribution in [2.75, 3.05) is 0 Å². The Kier molecular flexibility index (Phi) is 4.44. The lowest BCUT2D eigenvalue weighted by Crippen LogP contribution is -2.22. The minimum Gasteiger partial charge on any atom is -0.446 e. The van der Waals surface area contributed by atoms with E-state index in [4.69, 9.17) is 21.1 Å². The van der Waals surface area contributed by atoms with Crippen LogP contribution in [0, 0.1) is 5.82 Å². The lowest BCUT2D eigenvalue weighted by molar-refractivity contribution is 0.236. The highest BCUT2D eigenvalue weighted by atomic mass is 35.5. The van der Waals surface area contributed by atoms with Crippen molar-refractivity contribution in [3.05, 3.63) is 52.5 Å². The van der Waals surface area contributed by atoms with Crippen LogP contribution in [0.1, 0.15) is 11.3 Å². The summed E-state index contributed by atoms with van der Waals surface area (Å²) in [6.07, 6.45) is 0. The van der Waals surface area contributed by atoms with Crippen molar-refractivity contribution < 1.29 is 22.3 Å². The van der Waals surface area contributed by atoms with E-state index in [0.29, 0.717) is 5.56 Å². The zero-order valence-electron chi connectivity index (χ0n) is 10.1. The number of hydrogen-bond acceptors (Lipinski definition) is 4. The maximum atomic E-state index is 13.0. The van der Waals surface area contributed by atoms with Gasteiger partial charge in [-0.25, -0.2) is 17.5 Å². The number of halogens is 2. The molecule has 0 saturated heterocycles. The first kappa shape index (κ1) is 15.0. The topological polar surface area (TPSA) is 79.5 Å². The first-order chi connectivity index (χ1) is 9.42. The van der Waals surface area contributed by atoms with Crippen LogP contribution in [0.3, 0.4) is 0 Å². The minimum absolute atomic E-state index is 0.0580. The summed E-state index contributed by atoms with van der Waals surface area (Å²) in [5, 5.41) is 8.44. The normalized spacial score (nSPS) is 11.8. The highest BCUT2D eigenvalue weighted by Gasteiger charge is 2.18. The molecule has 0 atom stereocenters. The molecule has 0 saturated carbocycles. The van der Waals surface area contributed by atoms with Gasteiger partial charge in [0.2, 0.25) is 5.09 Å². The van der Waals surface area contributed by atoms with E-state index in [-0.39, 0.29) is 29.0 Å². The Bertz CT molecular complexity index is 714. The summed E-state index contributed by atoms with van der Waals surface area (Å²) in [5.74, 6) is -0.424. The molecule has 0 spiro atoms. The van der Waals surface area contributed by atoms with Crippen molar-refractivity contribution in [2.45, 2.75) is 18.2 Å². The van der Waals surface area contributed by atoms with Gasteiger partial charge in [-0.2, -0.15) is 0 Å². The molecule has 20 heavy (non-hydrogen) atoms. The van der Waals surface area contributed by atoms with Gasteiger partial charge in [-0.1, -0.05) is 17.7 Å². The number of rotatable bonds is 5. The fourth-order valence-electron chi connectivity index (χ4n) is 1.49. The Morgan fingerprint density at radius 2 is 2.05 bits per heavy atom. The van der Waals surface area contributed by atoms with E-state index in [2.05, 4.69) is 4.72 Å². The second-order valence-electron chi connectivity index (χ2n) is 3.95. The monoisotopic (exact) mass is 319 g/mol. The van der Waals surface area contributed by atoms with Gasteiger partial charge in [0, 0.05) is 6.54 Å². The summed E-state index contributed by atoms with van der Waals surface area (Å²) in [6.45, 7) is -0.444. The van der Waals surface area contributed by atoms with E-state index in [0.717, 1.165) is 6.07 Å². The third-order valence-corrected chi connectivity index (χ3v) is 4.07. The molecule has 8 heteroatoms. The van der Waals surface area contributed by atoms with Crippen LogP contribution >= 0.6 is 11.6 Å². The molecule has 0 unspecified atom stereocenters. The Morgan fingerprint density at radius 1 is 1.30 bits per heavy atom. The fourth-order valence-corrected chi connectivity index (χ4v) is 2.65. The molecule has 0 amide bonds. The Morgan fingerprint density at radius 3 is 2.65 bits per heavy atom. The van der Waals surface area contributed by atoms with Gasteiger partial charge < -0.3 is 9.52 Å². The second-order valence-corrected chi connectivity index (χ2v) is 6.06. The molecule has 0 aliphatic heterocycles. The van der Waals surface area contributed by atoms with Crippen molar-refractivity contribution >= 4 is 21.6 Å². The smallest absolute Gasteiger partial charge is 0.274 e. The van der Waals surface area contributed by atoms with Crippen molar-refractivity contribution in [3.8, 4) is 0 Å². The Labute approximate surface area is 120 Å². The number of nitrogens with one attached hydrogen (secondary N) is 1. The average molecular weight is 320 g/mol. The van der Waals surface area contributed by atoms with E-state index in [9.17, 15) is 12.8 Å². The molecule has 0 radical (unpaired) electrons. The summed E-state index contributed by atoms with van der Waals surface area (Å²) < 4.78 is 44.0. The summed E-state index contributed by atoms with van der Waals surface area (Å²) >= 11 is 5.60. The predicted octanol–water partition coefficient (Wildman–Crippen LogP) is 2.04. The zero-order valence-corrected chi connectivity index (χ0v) is 11.7. The first-order valence-electron chi connectivity index (χ1n) is 5.55. The van der Waals surface area contributed by atoms with Gasteiger partial charge >= 0.3 is 0 Å². The van der Waals surface area contributed by atoms with Gasteiger partial charge in [-0.05, 0) is 29.8 Å². The number of aliphatic hydroxyl groups excluding tert-OH is 1. The average Bonchev–Trinajstić information content (AvgIpc) is 2.90. The standard InChI is InChI=1S/C12H11ClFNO4S/c13-10-5-8(1-3-11(10)14)6-15-20(17,18)12-4-2-9(7-16)19-12/h1-5,15-16H,6-7H2. The third-order valence-electron chi connectivity index (χ3n) is 2.51. The van der Waals surface area contributed by atoms with Crippen LogP contribution in [0.4, 0.5) is 4.39 Å². The first-order valence-corrected chi connectivity index (χ1v) is 7.41. The SMILES string of the molecule is O=S(=O)(NCc1ccc(F)c(Cl)c1)c1ccc(CO)o1. The van der Waals surface area contributed by atoms with Gasteiger partial charge in [0.1, 0.15) is 18.2 Å². The van der Waals surface area contributed by atoms with Gasteiger partial charge in [-0.15, -0.1) is 0 Å². The molecular weight excluding hydrogens is 309 g/mol. The lowest BCUT2D eigenvalue weighted by atomic mass is 10.2. The van der Waals surface area contributed by atoms with E-state index in [1.165, 1.54) is 24.3 Å². The van der Waals surface area contributed by atoms with Gasteiger partial charge in [0.15, 0.2) is 0 Å². The van der Waals surface area contributed by atoms with Crippen molar-refractivity contribution in [3.63, 3.8) is 0 Å². The van der Waals surface area contributed by atoms with E-state index in [1.807, 2.05) is 0 Å². The molecule has 1 aromatic carbocycles. The van der Waals surface area contributed by atoms with Crippen LogP contribution in [0.5, 0.6) is 0 Å². The highest BCUT2D eigenvalue weighted by molar-refractivity contribution is 7.89. The quantitative estimate of drug-likeness (QED) is 0.884. The lowest BCUT2D eigenvalue weighted by Gasteiger charge is -2.05. The fraction of sp³-hybridized carbons (Fsp3) is 0.167. The van der Waals surface area contributed by atoms with E-state index in [1.54, 1.807) is 0 Å². The number of benzene rings is 1. The van der Waals surface area contributed by atoms with Crippen LogP contribution in [-0.2, 0) is 23.2 Å². The zero-order chi connectivity index (χ0) is 14.8. The molecule has 0 bridgehead atoms. The molecule has 0 aliphatic rings. The Balaban J connectivity index is 2.10. The minimum atomic E-state index is -3.84. The number of sulfonamides is 1. The largest absolute Gasteiger partial charge is 0.446 e. The van der Waals surface area contributed by atoms with Crippen LogP contribution < -0.4 is 4.72 Å². The molecular formula is C12H11ClFNO4S. The van der Waals surface area contributed by atoms with Crippen molar-refractivity contribution in [1.82, 2.24) is 4.72 Å². The third kappa shape index (κ3) is 3.37. The summed E-state index contributed by atoms with van der Waals surface area (Å²) in [6, 6.07) is 6.52. The molecule has 0 fully saturated rings. The molecule has 108 valence electrons. The van der Waals surface area contributed by atoms with Crippen LogP contribution in [-0.4, -0.2) is 13.5 Å². The number of furan rings is 1. The summed E-state index contributed by atoms with van der Waals surface area (Å²) in [4.78, 5) is 0. The van der Waals surface area contributed by atoms with E-state index >= 15 is 0 Å². The van der Waals surface area contributed by atoms with Crippen molar-refractivity contribution in [1.29, 1.82) is 0 Å².